The maximum atomic E-state index is 13.1. The predicted molar refractivity (Wildman–Crippen MR) is 125 cm³/mol. The maximum absolute atomic E-state index is 13.1. The monoisotopic (exact) mass is 464 g/mol. The normalized spacial score (nSPS) is 11.2. The van der Waals surface area contributed by atoms with Crippen molar-refractivity contribution in [3.63, 3.8) is 0 Å². The van der Waals surface area contributed by atoms with Gasteiger partial charge in [0, 0.05) is 11.3 Å². The second kappa shape index (κ2) is 8.87. The summed E-state index contributed by atoms with van der Waals surface area (Å²) in [7, 11) is -3.87. The Morgan fingerprint density at radius 1 is 0.909 bits per heavy atom. The van der Waals surface area contributed by atoms with Gasteiger partial charge in [-0.25, -0.2) is 17.5 Å². The highest BCUT2D eigenvalue weighted by atomic mass is 32.2. The second-order valence-electron chi connectivity index (χ2n) is 7.38. The van der Waals surface area contributed by atoms with Gasteiger partial charge >= 0.3 is 0 Å². The van der Waals surface area contributed by atoms with Crippen molar-refractivity contribution in [3.05, 3.63) is 102 Å². The highest BCUT2D eigenvalue weighted by Gasteiger charge is 2.17. The number of aromatic nitrogens is 2. The van der Waals surface area contributed by atoms with Crippen molar-refractivity contribution >= 4 is 27.3 Å². The molecule has 33 heavy (non-hydrogen) atoms. The molecule has 4 rings (SSSR count). The lowest BCUT2D eigenvalue weighted by Crippen LogP contribution is -2.15. The van der Waals surface area contributed by atoms with Gasteiger partial charge in [0.05, 0.1) is 27.7 Å². The number of benzene rings is 3. The molecule has 0 bridgehead atoms. The Morgan fingerprint density at radius 3 is 2.18 bits per heavy atom. The van der Waals surface area contributed by atoms with Gasteiger partial charge < -0.3 is 5.32 Å². The number of amides is 1. The van der Waals surface area contributed by atoms with Crippen LogP contribution in [0.2, 0.25) is 0 Å². The summed E-state index contributed by atoms with van der Waals surface area (Å²) in [4.78, 5) is 12.7. The van der Waals surface area contributed by atoms with E-state index in [1.54, 1.807) is 4.68 Å². The lowest BCUT2D eigenvalue weighted by molar-refractivity contribution is 0.102. The third-order valence-corrected chi connectivity index (χ3v) is 6.45. The van der Waals surface area contributed by atoms with E-state index < -0.39 is 15.8 Å². The van der Waals surface area contributed by atoms with E-state index >= 15 is 0 Å². The van der Waals surface area contributed by atoms with E-state index in [9.17, 15) is 17.6 Å². The number of para-hydroxylation sites is 1. The zero-order valence-electron chi connectivity index (χ0n) is 17.9. The molecular formula is C24H21FN4O3S. The van der Waals surface area contributed by atoms with Gasteiger partial charge in [-0.05, 0) is 74.5 Å². The van der Waals surface area contributed by atoms with Crippen LogP contribution in [-0.4, -0.2) is 24.1 Å². The van der Waals surface area contributed by atoms with Crippen molar-refractivity contribution in [2.75, 3.05) is 10.0 Å². The molecule has 4 aromatic rings. The van der Waals surface area contributed by atoms with Gasteiger partial charge in [-0.3, -0.25) is 9.52 Å². The SMILES string of the molecule is Cc1nn(-c2ccccc2)c(C)c1NC(=O)c1ccc(NS(=O)(=O)c2ccc(F)cc2)cc1. The van der Waals surface area contributed by atoms with Gasteiger partial charge in [-0.2, -0.15) is 5.10 Å². The minimum atomic E-state index is -3.87. The number of nitrogens with one attached hydrogen (secondary N) is 2. The fourth-order valence-corrected chi connectivity index (χ4v) is 4.41. The van der Waals surface area contributed by atoms with E-state index in [-0.39, 0.29) is 16.5 Å². The molecule has 1 heterocycles. The Balaban J connectivity index is 1.49. The topological polar surface area (TPSA) is 93.1 Å². The number of hydrogen-bond donors (Lipinski definition) is 2. The molecule has 0 aliphatic heterocycles. The molecular weight excluding hydrogens is 443 g/mol. The van der Waals surface area contributed by atoms with E-state index in [2.05, 4.69) is 15.1 Å². The molecule has 0 saturated carbocycles. The lowest BCUT2D eigenvalue weighted by Gasteiger charge is -2.10. The van der Waals surface area contributed by atoms with Gasteiger partial charge in [0.25, 0.3) is 15.9 Å². The molecule has 0 aliphatic carbocycles. The number of nitrogens with zero attached hydrogens (tertiary/aromatic N) is 2. The van der Waals surface area contributed by atoms with Crippen molar-refractivity contribution < 1.29 is 17.6 Å². The van der Waals surface area contributed by atoms with Crippen LogP contribution in [0.5, 0.6) is 0 Å². The Bertz CT molecular complexity index is 1400. The highest BCUT2D eigenvalue weighted by molar-refractivity contribution is 7.92. The summed E-state index contributed by atoms with van der Waals surface area (Å²) < 4.78 is 42.1. The summed E-state index contributed by atoms with van der Waals surface area (Å²) in [5, 5.41) is 7.40. The van der Waals surface area contributed by atoms with Crippen molar-refractivity contribution in [1.29, 1.82) is 0 Å². The molecule has 0 aliphatic rings. The third-order valence-electron chi connectivity index (χ3n) is 5.05. The summed E-state index contributed by atoms with van der Waals surface area (Å²) >= 11 is 0. The van der Waals surface area contributed by atoms with Crippen LogP contribution in [0, 0.1) is 19.7 Å². The number of halogens is 1. The number of sulfonamides is 1. The van der Waals surface area contributed by atoms with Crippen LogP contribution in [0.15, 0.2) is 83.8 Å². The van der Waals surface area contributed by atoms with Gasteiger partial charge in [0.15, 0.2) is 0 Å². The second-order valence-corrected chi connectivity index (χ2v) is 9.07. The largest absolute Gasteiger partial charge is 0.319 e. The van der Waals surface area contributed by atoms with Crippen LogP contribution in [0.25, 0.3) is 5.69 Å². The fourth-order valence-electron chi connectivity index (χ4n) is 3.35. The number of anilines is 2. The first kappa shape index (κ1) is 22.2. The van der Waals surface area contributed by atoms with Gasteiger partial charge in [0.2, 0.25) is 0 Å². The van der Waals surface area contributed by atoms with E-state index in [4.69, 9.17) is 0 Å². The van der Waals surface area contributed by atoms with Crippen LogP contribution >= 0.6 is 0 Å². The van der Waals surface area contributed by atoms with Crippen LogP contribution < -0.4 is 10.0 Å². The van der Waals surface area contributed by atoms with E-state index in [1.807, 2.05) is 44.2 Å². The van der Waals surface area contributed by atoms with Crippen molar-refractivity contribution in [2.45, 2.75) is 18.7 Å². The zero-order valence-corrected chi connectivity index (χ0v) is 18.7. The Labute approximate surface area is 190 Å². The molecule has 1 aromatic heterocycles. The average molecular weight is 465 g/mol. The first-order valence-electron chi connectivity index (χ1n) is 10.1. The quantitative estimate of drug-likeness (QED) is 0.433. The smallest absolute Gasteiger partial charge is 0.261 e. The van der Waals surface area contributed by atoms with Crippen molar-refractivity contribution in [2.24, 2.45) is 0 Å². The molecule has 7 nitrogen and oxygen atoms in total. The zero-order chi connectivity index (χ0) is 23.6. The van der Waals surface area contributed by atoms with Crippen LogP contribution in [-0.2, 0) is 10.0 Å². The number of aryl methyl sites for hydroxylation is 1. The van der Waals surface area contributed by atoms with Crippen LogP contribution in [0.1, 0.15) is 21.7 Å². The van der Waals surface area contributed by atoms with Crippen LogP contribution in [0.4, 0.5) is 15.8 Å². The van der Waals surface area contributed by atoms with E-state index in [1.165, 1.54) is 36.4 Å². The molecule has 0 atom stereocenters. The molecule has 0 spiro atoms. The Morgan fingerprint density at radius 2 is 1.55 bits per heavy atom. The first-order chi connectivity index (χ1) is 15.7. The summed E-state index contributed by atoms with van der Waals surface area (Å²) in [6.45, 7) is 3.69. The van der Waals surface area contributed by atoms with Gasteiger partial charge in [-0.15, -0.1) is 0 Å². The minimum absolute atomic E-state index is 0.0629. The van der Waals surface area contributed by atoms with E-state index in [0.717, 1.165) is 23.5 Å². The number of rotatable bonds is 6. The molecule has 0 fully saturated rings. The van der Waals surface area contributed by atoms with Crippen molar-refractivity contribution in [3.8, 4) is 5.69 Å². The van der Waals surface area contributed by atoms with Crippen molar-refractivity contribution in [1.82, 2.24) is 9.78 Å². The Kier molecular flexibility index (Phi) is 5.97. The van der Waals surface area contributed by atoms with Gasteiger partial charge in [0.1, 0.15) is 5.82 Å². The summed E-state index contributed by atoms with van der Waals surface area (Å²) in [5.41, 5.74) is 3.59. The summed E-state index contributed by atoms with van der Waals surface area (Å²) in [6.07, 6.45) is 0. The number of carbonyl (C=O) groups is 1. The Hall–Kier alpha value is -3.98. The first-order valence-corrected chi connectivity index (χ1v) is 11.5. The molecule has 1 amide bonds. The molecule has 2 N–H and O–H groups in total. The fraction of sp³-hybridized carbons (Fsp3) is 0.0833. The average Bonchev–Trinajstić information content (AvgIpc) is 3.08. The molecule has 9 heteroatoms. The summed E-state index contributed by atoms with van der Waals surface area (Å²) in [6, 6.07) is 20.1. The standard InChI is InChI=1S/C24H21FN4O3S/c1-16-23(17(2)29(27-16)21-6-4-3-5-7-21)26-24(30)18-8-12-20(13-9-18)28-33(31,32)22-14-10-19(25)11-15-22/h3-15,28H,1-2H3,(H,26,30). The highest BCUT2D eigenvalue weighted by Crippen LogP contribution is 2.24. The number of hydrogen-bond acceptors (Lipinski definition) is 4. The molecule has 0 radical (unpaired) electrons. The van der Waals surface area contributed by atoms with Crippen LogP contribution in [0.3, 0.4) is 0 Å². The maximum Gasteiger partial charge on any atom is 0.261 e. The van der Waals surface area contributed by atoms with E-state index in [0.29, 0.717) is 16.9 Å². The molecule has 0 unspecified atom stereocenters. The minimum Gasteiger partial charge on any atom is -0.319 e. The lowest BCUT2D eigenvalue weighted by atomic mass is 10.2. The molecule has 168 valence electrons. The predicted octanol–water partition coefficient (Wildman–Crippen LogP) is 4.68. The number of carbonyl (C=O) groups excluding carboxylic acids is 1. The van der Waals surface area contributed by atoms with Gasteiger partial charge in [-0.1, -0.05) is 18.2 Å². The third kappa shape index (κ3) is 4.78. The molecule has 0 saturated heterocycles. The summed E-state index contributed by atoms with van der Waals surface area (Å²) in [5.74, 6) is -0.870. The molecule has 3 aromatic carbocycles.